The van der Waals surface area contributed by atoms with Crippen LogP contribution in [0.3, 0.4) is 0 Å². The summed E-state index contributed by atoms with van der Waals surface area (Å²) in [6, 6.07) is 5.31. The number of H-pyrrole nitrogens is 1. The van der Waals surface area contributed by atoms with Crippen LogP contribution < -0.4 is 10.9 Å². The summed E-state index contributed by atoms with van der Waals surface area (Å²) in [4.78, 5) is 23.2. The Morgan fingerprint density at radius 1 is 1.19 bits per heavy atom. The van der Waals surface area contributed by atoms with Gasteiger partial charge in [-0.05, 0) is 17.7 Å². The molecule has 0 saturated carbocycles. The van der Waals surface area contributed by atoms with E-state index in [1.54, 1.807) is 34.0 Å². The van der Waals surface area contributed by atoms with E-state index >= 15 is 0 Å². The summed E-state index contributed by atoms with van der Waals surface area (Å²) in [6.07, 6.45) is 4.67. The molecule has 3 heterocycles. The molecular formula is C15H13Cl3N8O. The first-order valence-electron chi connectivity index (χ1n) is 7.56. The molecule has 4 aromatic rings. The number of fused-ring (bicyclic) bond motifs is 1. The van der Waals surface area contributed by atoms with E-state index < -0.39 is 0 Å². The van der Waals surface area contributed by atoms with Gasteiger partial charge in [0.1, 0.15) is 24.8 Å². The summed E-state index contributed by atoms with van der Waals surface area (Å²) >= 11 is 11.9. The van der Waals surface area contributed by atoms with Crippen LogP contribution >= 0.6 is 35.6 Å². The van der Waals surface area contributed by atoms with Gasteiger partial charge in [0.05, 0.1) is 16.2 Å². The molecule has 0 bridgehead atoms. The third-order valence-electron chi connectivity index (χ3n) is 3.62. The van der Waals surface area contributed by atoms with Gasteiger partial charge in [-0.2, -0.15) is 10.2 Å². The van der Waals surface area contributed by atoms with E-state index in [2.05, 4.69) is 30.5 Å². The van der Waals surface area contributed by atoms with E-state index in [1.807, 2.05) is 6.07 Å². The molecule has 0 unspecified atom stereocenters. The number of anilines is 1. The van der Waals surface area contributed by atoms with E-state index in [-0.39, 0.29) is 23.5 Å². The first-order valence-corrected chi connectivity index (χ1v) is 8.32. The van der Waals surface area contributed by atoms with Crippen molar-refractivity contribution in [3.05, 3.63) is 63.0 Å². The zero-order chi connectivity index (χ0) is 18.1. The van der Waals surface area contributed by atoms with Crippen LogP contribution in [0, 0.1) is 0 Å². The van der Waals surface area contributed by atoms with Crippen LogP contribution in [0.15, 0.2) is 41.8 Å². The Kier molecular flexibility index (Phi) is 5.64. The number of nitrogens with zero attached hydrogens (tertiary/aromatic N) is 6. The van der Waals surface area contributed by atoms with Crippen molar-refractivity contribution in [3.63, 3.8) is 0 Å². The molecule has 27 heavy (non-hydrogen) atoms. The molecule has 4 rings (SSSR count). The smallest absolute Gasteiger partial charge is 0.280 e. The lowest BCUT2D eigenvalue weighted by molar-refractivity contribution is 0.505. The number of hydrogen-bond donors (Lipinski definition) is 2. The Labute approximate surface area is 168 Å². The summed E-state index contributed by atoms with van der Waals surface area (Å²) in [5, 5.41) is 12.3. The molecule has 0 atom stereocenters. The van der Waals surface area contributed by atoms with Crippen LogP contribution in [0.5, 0.6) is 0 Å². The summed E-state index contributed by atoms with van der Waals surface area (Å²) < 4.78 is 3.16. The maximum absolute atomic E-state index is 12.2. The van der Waals surface area contributed by atoms with Crippen LogP contribution in [0.2, 0.25) is 10.0 Å². The van der Waals surface area contributed by atoms with Crippen molar-refractivity contribution in [3.8, 4) is 0 Å². The van der Waals surface area contributed by atoms with Crippen LogP contribution in [-0.4, -0.2) is 34.5 Å². The average Bonchev–Trinajstić information content (AvgIpc) is 3.26. The predicted molar refractivity (Wildman–Crippen MR) is 105 cm³/mol. The van der Waals surface area contributed by atoms with Gasteiger partial charge in [-0.25, -0.2) is 19.3 Å². The Morgan fingerprint density at radius 2 is 2.04 bits per heavy atom. The van der Waals surface area contributed by atoms with Gasteiger partial charge in [0, 0.05) is 6.54 Å². The van der Waals surface area contributed by atoms with E-state index in [9.17, 15) is 4.79 Å². The molecule has 140 valence electrons. The van der Waals surface area contributed by atoms with Gasteiger partial charge in [-0.3, -0.25) is 9.78 Å². The first-order chi connectivity index (χ1) is 12.6. The van der Waals surface area contributed by atoms with Crippen LogP contribution in [0.25, 0.3) is 11.0 Å². The number of aromatic nitrogens is 7. The fourth-order valence-electron chi connectivity index (χ4n) is 2.42. The van der Waals surface area contributed by atoms with Crippen molar-refractivity contribution in [2.24, 2.45) is 0 Å². The number of hydrogen-bond acceptors (Lipinski definition) is 6. The van der Waals surface area contributed by atoms with E-state index in [4.69, 9.17) is 23.2 Å². The Balaban J connectivity index is 0.00000210. The number of benzene rings is 1. The Morgan fingerprint density at radius 3 is 2.78 bits per heavy atom. The zero-order valence-corrected chi connectivity index (χ0v) is 16.0. The van der Waals surface area contributed by atoms with Crippen molar-refractivity contribution < 1.29 is 0 Å². The minimum absolute atomic E-state index is 0. The monoisotopic (exact) mass is 426 g/mol. The fourth-order valence-corrected chi connectivity index (χ4v) is 2.74. The second kappa shape index (κ2) is 7.95. The van der Waals surface area contributed by atoms with Gasteiger partial charge in [0.15, 0.2) is 5.52 Å². The summed E-state index contributed by atoms with van der Waals surface area (Å²) in [5.74, 6) is 0.342. The largest absolute Gasteiger partial charge is 0.352 e. The molecule has 12 heteroatoms. The molecule has 9 nitrogen and oxygen atoms in total. The van der Waals surface area contributed by atoms with E-state index in [0.29, 0.717) is 34.7 Å². The SMILES string of the molecule is Cl.O=c1[nH]c(NCc2ccc(Cl)c(Cl)c2)nc2cn(Cn3cncn3)nc12. The van der Waals surface area contributed by atoms with Crippen LogP contribution in [-0.2, 0) is 13.2 Å². The fraction of sp³-hybridized carbons (Fsp3) is 0.133. The molecule has 0 amide bonds. The highest BCUT2D eigenvalue weighted by atomic mass is 35.5. The standard InChI is InChI=1S/C15H12Cl2N8O.ClH/c16-10-2-1-9(3-11(10)17)4-19-15-21-12-5-24(8-25-7-18-6-20-25)23-13(12)14(26)22-15;/h1-3,5-7H,4,8H2,(H2,19,21,22,26);1H. The third-order valence-corrected chi connectivity index (χ3v) is 4.36. The summed E-state index contributed by atoms with van der Waals surface area (Å²) in [7, 11) is 0. The lowest BCUT2D eigenvalue weighted by Gasteiger charge is -2.06. The highest BCUT2D eigenvalue weighted by Gasteiger charge is 2.09. The molecule has 0 aliphatic heterocycles. The molecule has 2 N–H and O–H groups in total. The van der Waals surface area contributed by atoms with E-state index in [1.165, 1.54) is 6.33 Å². The molecule has 0 radical (unpaired) electrons. The van der Waals surface area contributed by atoms with Gasteiger partial charge in [0.25, 0.3) is 5.56 Å². The lowest BCUT2D eigenvalue weighted by Crippen LogP contribution is -2.13. The Bertz CT molecular complexity index is 1120. The lowest BCUT2D eigenvalue weighted by atomic mass is 10.2. The van der Waals surface area contributed by atoms with Crippen LogP contribution in [0.1, 0.15) is 5.56 Å². The van der Waals surface area contributed by atoms with Gasteiger partial charge in [-0.15, -0.1) is 12.4 Å². The topological polar surface area (TPSA) is 106 Å². The number of nitrogens with one attached hydrogen (secondary N) is 2. The van der Waals surface area contributed by atoms with Crippen molar-refractivity contribution in [2.45, 2.75) is 13.2 Å². The van der Waals surface area contributed by atoms with Crippen molar-refractivity contribution in [1.82, 2.24) is 34.5 Å². The highest BCUT2D eigenvalue weighted by Crippen LogP contribution is 2.22. The molecule has 0 aliphatic rings. The number of halogens is 3. The second-order valence-electron chi connectivity index (χ2n) is 5.50. The maximum Gasteiger partial charge on any atom is 0.280 e. The normalized spacial score (nSPS) is 10.7. The molecule has 0 saturated heterocycles. The summed E-state index contributed by atoms with van der Waals surface area (Å²) in [6.45, 7) is 0.764. The Hall–Kier alpha value is -2.62. The molecular weight excluding hydrogens is 415 g/mol. The van der Waals surface area contributed by atoms with Crippen molar-refractivity contribution in [1.29, 1.82) is 0 Å². The number of aromatic amines is 1. The van der Waals surface area contributed by atoms with Crippen LogP contribution in [0.4, 0.5) is 5.95 Å². The van der Waals surface area contributed by atoms with Gasteiger partial charge >= 0.3 is 0 Å². The molecule has 0 spiro atoms. The molecule has 1 aromatic carbocycles. The quantitative estimate of drug-likeness (QED) is 0.507. The third kappa shape index (κ3) is 4.21. The second-order valence-corrected chi connectivity index (χ2v) is 6.31. The molecule has 0 aliphatic carbocycles. The maximum atomic E-state index is 12.2. The van der Waals surface area contributed by atoms with Crippen molar-refractivity contribution in [2.75, 3.05) is 5.32 Å². The van der Waals surface area contributed by atoms with E-state index in [0.717, 1.165) is 5.56 Å². The summed E-state index contributed by atoms with van der Waals surface area (Å²) in [5.41, 5.74) is 1.31. The number of rotatable bonds is 5. The van der Waals surface area contributed by atoms with Gasteiger partial charge in [-0.1, -0.05) is 29.3 Å². The minimum Gasteiger partial charge on any atom is -0.352 e. The zero-order valence-electron chi connectivity index (χ0n) is 13.6. The van der Waals surface area contributed by atoms with Gasteiger partial charge < -0.3 is 5.32 Å². The molecule has 3 aromatic heterocycles. The average molecular weight is 428 g/mol. The first kappa shape index (κ1) is 19.2. The minimum atomic E-state index is -0.330. The van der Waals surface area contributed by atoms with Crippen molar-refractivity contribution >= 4 is 52.6 Å². The predicted octanol–water partition coefficient (Wildman–Crippen LogP) is 2.56. The molecule has 0 fully saturated rings. The van der Waals surface area contributed by atoms with Gasteiger partial charge in [0.2, 0.25) is 5.95 Å². The highest BCUT2D eigenvalue weighted by molar-refractivity contribution is 6.42.